The Morgan fingerprint density at radius 3 is 2.94 bits per heavy atom. The van der Waals surface area contributed by atoms with Gasteiger partial charge < -0.3 is 15.6 Å². The topological polar surface area (TPSA) is 55.5 Å². The van der Waals surface area contributed by atoms with Gasteiger partial charge in [-0.3, -0.25) is 0 Å². The average molecular weight is 235 g/mol. The first-order valence-electron chi connectivity index (χ1n) is 6.20. The Hall–Kier alpha value is -0.900. The van der Waals surface area contributed by atoms with Crippen LogP contribution in [0.5, 0.6) is 0 Å². The summed E-state index contributed by atoms with van der Waals surface area (Å²) in [6.07, 6.45) is 1.37. The number of hydrogen-bond donors (Lipinski definition) is 2. The lowest BCUT2D eigenvalue weighted by molar-refractivity contribution is -0.0782. The van der Waals surface area contributed by atoms with E-state index in [0.29, 0.717) is 13.2 Å². The molecule has 1 aliphatic rings. The largest absolute Gasteiger partial charge is 0.388 e. The van der Waals surface area contributed by atoms with Gasteiger partial charge in [-0.2, -0.15) is 0 Å². The summed E-state index contributed by atoms with van der Waals surface area (Å²) in [5.74, 6) is 0. The van der Waals surface area contributed by atoms with Crippen molar-refractivity contribution in [1.82, 2.24) is 0 Å². The fraction of sp³-hybridized carbons (Fsp3) is 0.571. The first-order chi connectivity index (χ1) is 8.18. The van der Waals surface area contributed by atoms with Crippen molar-refractivity contribution in [2.24, 2.45) is 11.1 Å². The van der Waals surface area contributed by atoms with Crippen LogP contribution >= 0.6 is 0 Å². The van der Waals surface area contributed by atoms with Crippen LogP contribution in [0.2, 0.25) is 0 Å². The van der Waals surface area contributed by atoms with Crippen molar-refractivity contribution in [2.45, 2.75) is 25.9 Å². The number of rotatable bonds is 3. The molecule has 94 valence electrons. The van der Waals surface area contributed by atoms with Crippen molar-refractivity contribution < 1.29 is 9.84 Å². The monoisotopic (exact) mass is 235 g/mol. The molecule has 17 heavy (non-hydrogen) atoms. The molecular formula is C14H21NO2. The lowest BCUT2D eigenvalue weighted by Gasteiger charge is -2.40. The molecule has 2 rings (SSSR count). The molecule has 3 heteroatoms. The molecule has 2 atom stereocenters. The van der Waals surface area contributed by atoms with Crippen molar-refractivity contribution in [1.29, 1.82) is 0 Å². The van der Waals surface area contributed by atoms with Gasteiger partial charge in [-0.15, -0.1) is 0 Å². The molecule has 0 saturated carbocycles. The lowest BCUT2D eigenvalue weighted by Crippen LogP contribution is -2.43. The van der Waals surface area contributed by atoms with E-state index in [1.165, 1.54) is 0 Å². The number of aliphatic hydroxyl groups excluding tert-OH is 1. The highest BCUT2D eigenvalue weighted by Gasteiger charge is 2.39. The number of ether oxygens (including phenoxy) is 1. The van der Waals surface area contributed by atoms with Crippen molar-refractivity contribution in [2.75, 3.05) is 19.8 Å². The minimum Gasteiger partial charge on any atom is -0.388 e. The summed E-state index contributed by atoms with van der Waals surface area (Å²) in [5, 5.41) is 10.6. The molecule has 0 amide bonds. The van der Waals surface area contributed by atoms with Crippen molar-refractivity contribution in [3.8, 4) is 0 Å². The molecule has 0 aliphatic carbocycles. The molecule has 2 unspecified atom stereocenters. The summed E-state index contributed by atoms with van der Waals surface area (Å²) in [6, 6.07) is 7.99. The van der Waals surface area contributed by atoms with Gasteiger partial charge in [-0.05, 0) is 25.3 Å². The summed E-state index contributed by atoms with van der Waals surface area (Å²) in [4.78, 5) is 0. The van der Waals surface area contributed by atoms with Crippen LogP contribution < -0.4 is 5.73 Å². The highest BCUT2D eigenvalue weighted by molar-refractivity contribution is 5.25. The third-order valence-electron chi connectivity index (χ3n) is 3.70. The van der Waals surface area contributed by atoms with Gasteiger partial charge in [0.05, 0.1) is 12.7 Å². The van der Waals surface area contributed by atoms with Crippen LogP contribution in [-0.4, -0.2) is 24.9 Å². The van der Waals surface area contributed by atoms with Crippen LogP contribution in [0.15, 0.2) is 24.3 Å². The predicted molar refractivity (Wildman–Crippen MR) is 67.7 cm³/mol. The summed E-state index contributed by atoms with van der Waals surface area (Å²) >= 11 is 0. The standard InChI is InChI=1S/C14H21NO2/c1-11-4-2-5-12(8-11)13(16)14(9-15)6-3-7-17-10-14/h2,4-5,8,13,16H,3,6-7,9-10,15H2,1H3. The van der Waals surface area contributed by atoms with Gasteiger partial charge in [-0.25, -0.2) is 0 Å². The maximum absolute atomic E-state index is 10.6. The van der Waals surface area contributed by atoms with E-state index in [4.69, 9.17) is 10.5 Å². The highest BCUT2D eigenvalue weighted by atomic mass is 16.5. The van der Waals surface area contributed by atoms with Gasteiger partial charge in [0.25, 0.3) is 0 Å². The van der Waals surface area contributed by atoms with Crippen molar-refractivity contribution in [3.63, 3.8) is 0 Å². The second kappa shape index (κ2) is 5.17. The fourth-order valence-corrected chi connectivity index (χ4v) is 2.56. The highest BCUT2D eigenvalue weighted by Crippen LogP contribution is 2.40. The van der Waals surface area contributed by atoms with E-state index in [9.17, 15) is 5.11 Å². The Morgan fingerprint density at radius 1 is 1.53 bits per heavy atom. The molecule has 0 spiro atoms. The zero-order valence-corrected chi connectivity index (χ0v) is 10.4. The number of nitrogens with two attached hydrogens (primary N) is 1. The van der Waals surface area contributed by atoms with Gasteiger partial charge in [0.2, 0.25) is 0 Å². The second-order valence-electron chi connectivity index (χ2n) is 5.04. The summed E-state index contributed by atoms with van der Waals surface area (Å²) in [6.45, 7) is 3.83. The van der Waals surface area contributed by atoms with E-state index in [2.05, 4.69) is 0 Å². The van der Waals surface area contributed by atoms with Crippen LogP contribution in [-0.2, 0) is 4.74 Å². The van der Waals surface area contributed by atoms with E-state index in [1.54, 1.807) is 0 Å². The SMILES string of the molecule is Cc1cccc(C(O)C2(CN)CCCOC2)c1. The zero-order valence-electron chi connectivity index (χ0n) is 10.4. The Labute approximate surface area is 103 Å². The van der Waals surface area contributed by atoms with Crippen LogP contribution in [0.1, 0.15) is 30.1 Å². The Kier molecular flexibility index (Phi) is 3.82. The Balaban J connectivity index is 2.24. The molecule has 1 aliphatic heterocycles. The average Bonchev–Trinajstić information content (AvgIpc) is 2.38. The van der Waals surface area contributed by atoms with Crippen LogP contribution in [0.4, 0.5) is 0 Å². The minimum atomic E-state index is -0.535. The number of benzene rings is 1. The molecular weight excluding hydrogens is 214 g/mol. The van der Waals surface area contributed by atoms with Crippen LogP contribution in [0, 0.1) is 12.3 Å². The first kappa shape index (κ1) is 12.6. The van der Waals surface area contributed by atoms with E-state index in [-0.39, 0.29) is 5.41 Å². The fourth-order valence-electron chi connectivity index (χ4n) is 2.56. The summed E-state index contributed by atoms with van der Waals surface area (Å²) in [7, 11) is 0. The van der Waals surface area contributed by atoms with E-state index in [1.807, 2.05) is 31.2 Å². The second-order valence-corrected chi connectivity index (χ2v) is 5.04. The number of aryl methyl sites for hydroxylation is 1. The maximum atomic E-state index is 10.6. The zero-order chi connectivity index (χ0) is 12.3. The van der Waals surface area contributed by atoms with Gasteiger partial charge in [-0.1, -0.05) is 29.8 Å². The smallest absolute Gasteiger partial charge is 0.0880 e. The molecule has 1 aromatic carbocycles. The molecule has 0 aromatic heterocycles. The Morgan fingerprint density at radius 2 is 2.35 bits per heavy atom. The predicted octanol–water partition coefficient (Wildman–Crippen LogP) is 1.78. The first-order valence-corrected chi connectivity index (χ1v) is 6.20. The maximum Gasteiger partial charge on any atom is 0.0880 e. The van der Waals surface area contributed by atoms with Crippen LogP contribution in [0.25, 0.3) is 0 Å². The summed E-state index contributed by atoms with van der Waals surface area (Å²) < 4.78 is 5.51. The molecule has 1 heterocycles. The molecule has 1 aromatic rings. The lowest BCUT2D eigenvalue weighted by atomic mass is 9.75. The van der Waals surface area contributed by atoms with E-state index < -0.39 is 6.10 Å². The molecule has 1 fully saturated rings. The number of aliphatic hydroxyl groups is 1. The third-order valence-corrected chi connectivity index (χ3v) is 3.70. The van der Waals surface area contributed by atoms with Gasteiger partial charge in [0.1, 0.15) is 0 Å². The minimum absolute atomic E-state index is 0.313. The Bertz CT molecular complexity index is 372. The molecule has 3 nitrogen and oxygen atoms in total. The molecule has 0 radical (unpaired) electrons. The van der Waals surface area contributed by atoms with Gasteiger partial charge in [0, 0.05) is 18.6 Å². The van der Waals surface area contributed by atoms with E-state index >= 15 is 0 Å². The molecule has 3 N–H and O–H groups in total. The van der Waals surface area contributed by atoms with Gasteiger partial charge in [0.15, 0.2) is 0 Å². The molecule has 1 saturated heterocycles. The van der Waals surface area contributed by atoms with Gasteiger partial charge >= 0.3 is 0 Å². The normalized spacial score (nSPS) is 26.8. The quantitative estimate of drug-likeness (QED) is 0.839. The van der Waals surface area contributed by atoms with E-state index in [0.717, 1.165) is 30.6 Å². The summed E-state index contributed by atoms with van der Waals surface area (Å²) in [5.41, 5.74) is 7.66. The number of hydrogen-bond acceptors (Lipinski definition) is 3. The molecule has 0 bridgehead atoms. The third kappa shape index (κ3) is 2.51. The van der Waals surface area contributed by atoms with Crippen LogP contribution in [0.3, 0.4) is 0 Å². The van der Waals surface area contributed by atoms with Crippen molar-refractivity contribution >= 4 is 0 Å². The van der Waals surface area contributed by atoms with Crippen molar-refractivity contribution in [3.05, 3.63) is 35.4 Å².